The van der Waals surface area contributed by atoms with E-state index in [2.05, 4.69) is 0 Å². The number of nitrogens with zero attached hydrogens (tertiary/aromatic N) is 1. The molecule has 18 heavy (non-hydrogen) atoms. The summed E-state index contributed by atoms with van der Waals surface area (Å²) in [6.45, 7) is 2.55. The lowest BCUT2D eigenvalue weighted by Crippen LogP contribution is -2.41. The zero-order valence-corrected chi connectivity index (χ0v) is 12.0. The number of amides is 1. The van der Waals surface area contributed by atoms with Crippen LogP contribution in [0.25, 0.3) is 0 Å². The minimum absolute atomic E-state index is 0.0966. The van der Waals surface area contributed by atoms with Crippen LogP contribution in [0.2, 0.25) is 10.0 Å². The van der Waals surface area contributed by atoms with Gasteiger partial charge in [-0.15, -0.1) is 11.8 Å². The molecule has 1 aromatic rings. The molecule has 0 radical (unpaired) electrons. The molecular weight excluding hydrogens is 293 g/mol. The lowest BCUT2D eigenvalue weighted by Gasteiger charge is -2.26. The van der Waals surface area contributed by atoms with E-state index in [9.17, 15) is 4.79 Å². The Hall–Kier alpha value is -0.420. The summed E-state index contributed by atoms with van der Waals surface area (Å²) in [7, 11) is 0. The van der Waals surface area contributed by atoms with Gasteiger partial charge in [0.1, 0.15) is 0 Å². The fraction of sp³-hybridized carbons (Fsp3) is 0.417. The van der Waals surface area contributed by atoms with E-state index in [1.54, 1.807) is 23.1 Å². The molecule has 1 fully saturated rings. The molecule has 1 aromatic carbocycles. The fourth-order valence-corrected chi connectivity index (χ4v) is 3.25. The van der Waals surface area contributed by atoms with Gasteiger partial charge in [0.05, 0.1) is 29.0 Å². The van der Waals surface area contributed by atoms with E-state index >= 15 is 0 Å². The molecule has 0 spiro atoms. The molecule has 0 N–H and O–H groups in total. The largest absolute Gasteiger partial charge is 0.378 e. The number of halogens is 2. The standard InChI is InChI=1S/C12H13Cl2NO2S/c13-9-2-1-3-10(14)12(9)18-8-11(16)15-4-6-17-7-5-15/h1-3H,4-8H2. The van der Waals surface area contributed by atoms with Crippen molar-refractivity contribution < 1.29 is 9.53 Å². The zero-order chi connectivity index (χ0) is 13.0. The Morgan fingerprint density at radius 2 is 1.89 bits per heavy atom. The Kier molecular flexibility index (Phi) is 5.18. The average Bonchev–Trinajstić information content (AvgIpc) is 2.39. The van der Waals surface area contributed by atoms with E-state index in [1.807, 2.05) is 0 Å². The summed E-state index contributed by atoms with van der Waals surface area (Å²) in [5, 5.41) is 1.17. The first-order valence-corrected chi connectivity index (χ1v) is 7.35. The quantitative estimate of drug-likeness (QED) is 0.804. The predicted octanol–water partition coefficient (Wildman–Crippen LogP) is 2.94. The molecular formula is C12H13Cl2NO2S. The topological polar surface area (TPSA) is 29.5 Å². The van der Waals surface area contributed by atoms with Crippen molar-refractivity contribution in [3.63, 3.8) is 0 Å². The summed E-state index contributed by atoms with van der Waals surface area (Å²) in [5.74, 6) is 0.447. The molecule has 98 valence electrons. The molecule has 1 amide bonds. The Morgan fingerprint density at radius 1 is 1.28 bits per heavy atom. The second-order valence-electron chi connectivity index (χ2n) is 3.83. The van der Waals surface area contributed by atoms with Crippen LogP contribution in [0.15, 0.2) is 23.1 Å². The van der Waals surface area contributed by atoms with Gasteiger partial charge in [0.15, 0.2) is 0 Å². The third-order valence-corrected chi connectivity index (χ3v) is 4.60. The van der Waals surface area contributed by atoms with E-state index in [4.69, 9.17) is 27.9 Å². The molecule has 6 heteroatoms. The van der Waals surface area contributed by atoms with Crippen LogP contribution in [0.1, 0.15) is 0 Å². The number of thioether (sulfide) groups is 1. The van der Waals surface area contributed by atoms with Gasteiger partial charge in [0.25, 0.3) is 0 Å². The van der Waals surface area contributed by atoms with Gasteiger partial charge in [0, 0.05) is 18.0 Å². The summed E-state index contributed by atoms with van der Waals surface area (Å²) in [5.41, 5.74) is 0. The average molecular weight is 306 g/mol. The maximum absolute atomic E-state index is 12.0. The van der Waals surface area contributed by atoms with E-state index in [1.165, 1.54) is 11.8 Å². The normalized spacial score (nSPS) is 15.8. The van der Waals surface area contributed by atoms with Crippen molar-refractivity contribution in [2.24, 2.45) is 0 Å². The molecule has 1 heterocycles. The first-order chi connectivity index (χ1) is 8.68. The maximum atomic E-state index is 12.0. The molecule has 0 bridgehead atoms. The Bertz CT molecular complexity index is 416. The van der Waals surface area contributed by atoms with Gasteiger partial charge in [-0.2, -0.15) is 0 Å². The van der Waals surface area contributed by atoms with Crippen molar-refractivity contribution >= 4 is 40.9 Å². The monoisotopic (exact) mass is 305 g/mol. The summed E-state index contributed by atoms with van der Waals surface area (Å²) < 4.78 is 5.21. The highest BCUT2D eigenvalue weighted by atomic mass is 35.5. The SMILES string of the molecule is O=C(CSc1c(Cl)cccc1Cl)N1CCOCC1. The summed E-state index contributed by atoms with van der Waals surface area (Å²) >= 11 is 13.5. The molecule has 0 atom stereocenters. The molecule has 3 nitrogen and oxygen atoms in total. The van der Waals surface area contributed by atoms with Crippen LogP contribution in [-0.4, -0.2) is 42.9 Å². The molecule has 0 unspecified atom stereocenters. The van der Waals surface area contributed by atoms with E-state index < -0.39 is 0 Å². The van der Waals surface area contributed by atoms with Crippen molar-refractivity contribution in [2.75, 3.05) is 32.1 Å². The van der Waals surface area contributed by atoms with Crippen LogP contribution < -0.4 is 0 Å². The third-order valence-electron chi connectivity index (χ3n) is 2.62. The summed E-state index contributed by atoms with van der Waals surface area (Å²) in [4.78, 5) is 14.5. The van der Waals surface area contributed by atoms with Crippen LogP contribution in [0.5, 0.6) is 0 Å². The highest BCUT2D eigenvalue weighted by molar-refractivity contribution is 8.00. The second kappa shape index (κ2) is 6.66. The Labute approximate surface area is 120 Å². The van der Waals surface area contributed by atoms with Gasteiger partial charge in [-0.25, -0.2) is 0 Å². The van der Waals surface area contributed by atoms with Gasteiger partial charge in [-0.1, -0.05) is 29.3 Å². The molecule has 0 aliphatic carbocycles. The number of hydrogen-bond acceptors (Lipinski definition) is 3. The molecule has 1 aliphatic rings. The first-order valence-electron chi connectivity index (χ1n) is 5.61. The van der Waals surface area contributed by atoms with E-state index in [-0.39, 0.29) is 5.91 Å². The van der Waals surface area contributed by atoms with Crippen LogP contribution >= 0.6 is 35.0 Å². The third kappa shape index (κ3) is 3.54. The lowest BCUT2D eigenvalue weighted by molar-refractivity contribution is -0.132. The first kappa shape index (κ1) is 14.0. The number of ether oxygens (including phenoxy) is 1. The van der Waals surface area contributed by atoms with Crippen molar-refractivity contribution in [3.05, 3.63) is 28.2 Å². The number of carbonyl (C=O) groups is 1. The Morgan fingerprint density at radius 3 is 2.50 bits per heavy atom. The molecule has 2 rings (SSSR count). The molecule has 1 saturated heterocycles. The summed E-state index contributed by atoms with van der Waals surface area (Å²) in [6, 6.07) is 5.34. The van der Waals surface area contributed by atoms with Gasteiger partial charge in [0.2, 0.25) is 5.91 Å². The maximum Gasteiger partial charge on any atom is 0.233 e. The van der Waals surface area contributed by atoms with Crippen LogP contribution in [-0.2, 0) is 9.53 Å². The smallest absolute Gasteiger partial charge is 0.233 e. The predicted molar refractivity (Wildman–Crippen MR) is 74.6 cm³/mol. The van der Waals surface area contributed by atoms with Crippen molar-refractivity contribution in [1.82, 2.24) is 4.90 Å². The van der Waals surface area contributed by atoms with Crippen molar-refractivity contribution in [3.8, 4) is 0 Å². The van der Waals surface area contributed by atoms with Crippen molar-refractivity contribution in [1.29, 1.82) is 0 Å². The van der Waals surface area contributed by atoms with E-state index in [0.717, 1.165) is 4.90 Å². The van der Waals surface area contributed by atoms with Gasteiger partial charge >= 0.3 is 0 Å². The molecule has 0 aromatic heterocycles. The molecule has 0 saturated carbocycles. The highest BCUT2D eigenvalue weighted by Gasteiger charge is 2.17. The van der Waals surface area contributed by atoms with Crippen molar-refractivity contribution in [2.45, 2.75) is 4.90 Å². The fourth-order valence-electron chi connectivity index (χ4n) is 1.66. The number of morpholine rings is 1. The minimum Gasteiger partial charge on any atom is -0.378 e. The molecule has 1 aliphatic heterocycles. The highest BCUT2D eigenvalue weighted by Crippen LogP contribution is 2.33. The van der Waals surface area contributed by atoms with Crippen LogP contribution in [0.3, 0.4) is 0 Å². The Balaban J connectivity index is 1.92. The number of hydrogen-bond donors (Lipinski definition) is 0. The van der Waals surface area contributed by atoms with E-state index in [0.29, 0.717) is 42.1 Å². The van der Waals surface area contributed by atoms with Crippen LogP contribution in [0, 0.1) is 0 Å². The zero-order valence-electron chi connectivity index (χ0n) is 9.70. The second-order valence-corrected chi connectivity index (χ2v) is 5.63. The number of carbonyl (C=O) groups excluding carboxylic acids is 1. The number of rotatable bonds is 3. The lowest BCUT2D eigenvalue weighted by atomic mass is 10.4. The van der Waals surface area contributed by atoms with Gasteiger partial charge in [-0.05, 0) is 12.1 Å². The van der Waals surface area contributed by atoms with Crippen LogP contribution in [0.4, 0.5) is 0 Å². The minimum atomic E-state index is 0.0966. The van der Waals surface area contributed by atoms with Gasteiger partial charge < -0.3 is 9.64 Å². The number of benzene rings is 1. The van der Waals surface area contributed by atoms with Gasteiger partial charge in [-0.3, -0.25) is 4.79 Å². The summed E-state index contributed by atoms with van der Waals surface area (Å²) in [6.07, 6.45) is 0.